The van der Waals surface area contributed by atoms with E-state index >= 15 is 0 Å². The first-order valence-electron chi connectivity index (χ1n) is 9.98. The standard InChI is InChI=1S/C24H24FN5O/c1-15(17-6-5-7-18(10-17)19-13-26-30(3)14-19)27-24-12-23(28-16(2)29-24)21-9-8-20(31-4)11-22(21)25/h5-15H,1-4H3,(H,27,28,29). The first-order chi connectivity index (χ1) is 14.9. The molecule has 7 heteroatoms. The largest absolute Gasteiger partial charge is 0.497 e. The molecule has 31 heavy (non-hydrogen) atoms. The molecule has 158 valence electrons. The molecular weight excluding hydrogens is 393 g/mol. The molecule has 0 radical (unpaired) electrons. The van der Waals surface area contributed by atoms with E-state index in [1.807, 2.05) is 25.5 Å². The number of aryl methyl sites for hydroxylation is 2. The van der Waals surface area contributed by atoms with E-state index in [-0.39, 0.29) is 11.9 Å². The van der Waals surface area contributed by atoms with Gasteiger partial charge in [0, 0.05) is 42.5 Å². The van der Waals surface area contributed by atoms with Crippen LogP contribution in [0.2, 0.25) is 0 Å². The van der Waals surface area contributed by atoms with Crippen molar-refractivity contribution in [3.8, 4) is 28.1 Å². The van der Waals surface area contributed by atoms with E-state index < -0.39 is 0 Å². The Kier molecular flexibility index (Phi) is 5.66. The first kappa shape index (κ1) is 20.5. The number of methoxy groups -OCH3 is 1. The zero-order valence-corrected chi connectivity index (χ0v) is 17.9. The zero-order chi connectivity index (χ0) is 22.0. The highest BCUT2D eigenvalue weighted by molar-refractivity contribution is 5.65. The van der Waals surface area contributed by atoms with Crippen molar-refractivity contribution in [1.82, 2.24) is 19.7 Å². The molecule has 1 atom stereocenters. The number of halogens is 1. The second-order valence-electron chi connectivity index (χ2n) is 7.43. The number of nitrogens with one attached hydrogen (secondary N) is 1. The van der Waals surface area contributed by atoms with Crippen LogP contribution in [0, 0.1) is 12.7 Å². The molecule has 6 nitrogen and oxygen atoms in total. The third-order valence-electron chi connectivity index (χ3n) is 5.08. The van der Waals surface area contributed by atoms with Crippen molar-refractivity contribution in [1.29, 1.82) is 0 Å². The van der Waals surface area contributed by atoms with Crippen molar-refractivity contribution in [3.63, 3.8) is 0 Å². The van der Waals surface area contributed by atoms with Crippen LogP contribution in [0.15, 0.2) is 60.9 Å². The molecule has 0 saturated carbocycles. The normalized spacial score (nSPS) is 11.9. The van der Waals surface area contributed by atoms with Gasteiger partial charge in [-0.3, -0.25) is 4.68 Å². The topological polar surface area (TPSA) is 64.9 Å². The Morgan fingerprint density at radius 1 is 1.06 bits per heavy atom. The van der Waals surface area contributed by atoms with Gasteiger partial charge >= 0.3 is 0 Å². The highest BCUT2D eigenvalue weighted by Gasteiger charge is 2.13. The number of hydrogen-bond acceptors (Lipinski definition) is 5. The number of nitrogens with zero attached hydrogens (tertiary/aromatic N) is 4. The average Bonchev–Trinajstić information content (AvgIpc) is 3.19. The van der Waals surface area contributed by atoms with Gasteiger partial charge in [-0.1, -0.05) is 18.2 Å². The van der Waals surface area contributed by atoms with Gasteiger partial charge in [-0.05, 0) is 43.2 Å². The molecule has 0 amide bonds. The quantitative estimate of drug-likeness (QED) is 0.469. The molecule has 1 N–H and O–H groups in total. The number of anilines is 1. The minimum absolute atomic E-state index is 0.0144. The van der Waals surface area contributed by atoms with Gasteiger partial charge in [0.15, 0.2) is 0 Å². The van der Waals surface area contributed by atoms with Crippen LogP contribution in [0.1, 0.15) is 24.4 Å². The molecule has 0 fully saturated rings. The van der Waals surface area contributed by atoms with Crippen molar-refractivity contribution in [2.45, 2.75) is 19.9 Å². The minimum atomic E-state index is -0.388. The fourth-order valence-electron chi connectivity index (χ4n) is 3.47. The van der Waals surface area contributed by atoms with E-state index in [2.05, 4.69) is 45.5 Å². The lowest BCUT2D eigenvalue weighted by Gasteiger charge is -2.17. The third kappa shape index (κ3) is 4.55. The first-order valence-corrected chi connectivity index (χ1v) is 9.98. The molecule has 0 aliphatic heterocycles. The molecule has 2 heterocycles. The fraction of sp³-hybridized carbons (Fsp3) is 0.208. The van der Waals surface area contributed by atoms with Crippen LogP contribution in [-0.2, 0) is 7.05 Å². The molecule has 4 aromatic rings. The highest BCUT2D eigenvalue weighted by Crippen LogP contribution is 2.28. The van der Waals surface area contributed by atoms with Crippen LogP contribution in [0.3, 0.4) is 0 Å². The molecule has 0 bridgehead atoms. The molecule has 0 saturated heterocycles. The molecular formula is C24H24FN5O. The van der Waals surface area contributed by atoms with Gasteiger partial charge in [0.1, 0.15) is 23.2 Å². The summed E-state index contributed by atoms with van der Waals surface area (Å²) in [6, 6.07) is 14.8. The van der Waals surface area contributed by atoms with Crippen molar-refractivity contribution >= 4 is 5.82 Å². The van der Waals surface area contributed by atoms with Gasteiger partial charge in [-0.15, -0.1) is 0 Å². The summed E-state index contributed by atoms with van der Waals surface area (Å²) in [5, 5.41) is 7.66. The lowest BCUT2D eigenvalue weighted by atomic mass is 10.0. The fourth-order valence-corrected chi connectivity index (χ4v) is 3.47. The van der Waals surface area contributed by atoms with E-state index in [1.54, 1.807) is 29.8 Å². The van der Waals surface area contributed by atoms with Crippen molar-refractivity contribution in [2.75, 3.05) is 12.4 Å². The molecule has 0 aliphatic carbocycles. The van der Waals surface area contributed by atoms with Crippen LogP contribution in [0.25, 0.3) is 22.4 Å². The van der Waals surface area contributed by atoms with Gasteiger partial charge in [0.2, 0.25) is 0 Å². The Hall–Kier alpha value is -3.74. The van der Waals surface area contributed by atoms with Crippen molar-refractivity contribution < 1.29 is 9.13 Å². The summed E-state index contributed by atoms with van der Waals surface area (Å²) in [6.45, 7) is 3.86. The zero-order valence-electron chi connectivity index (χ0n) is 17.9. The average molecular weight is 417 g/mol. The molecule has 0 aliphatic rings. The monoisotopic (exact) mass is 417 g/mol. The molecule has 2 aromatic carbocycles. The summed E-state index contributed by atoms with van der Waals surface area (Å²) in [6.07, 6.45) is 3.83. The maximum atomic E-state index is 14.6. The van der Waals surface area contributed by atoms with Crippen LogP contribution >= 0.6 is 0 Å². The van der Waals surface area contributed by atoms with Gasteiger partial charge in [-0.2, -0.15) is 5.10 Å². The van der Waals surface area contributed by atoms with E-state index in [0.29, 0.717) is 28.6 Å². The smallest absolute Gasteiger partial charge is 0.136 e. The summed E-state index contributed by atoms with van der Waals surface area (Å²) in [7, 11) is 3.41. The number of aromatic nitrogens is 4. The highest BCUT2D eigenvalue weighted by atomic mass is 19.1. The Morgan fingerprint density at radius 2 is 1.90 bits per heavy atom. The lowest BCUT2D eigenvalue weighted by molar-refractivity contribution is 0.411. The van der Waals surface area contributed by atoms with E-state index in [1.165, 1.54) is 13.2 Å². The van der Waals surface area contributed by atoms with Gasteiger partial charge < -0.3 is 10.1 Å². The van der Waals surface area contributed by atoms with Gasteiger partial charge in [0.05, 0.1) is 19.0 Å². The minimum Gasteiger partial charge on any atom is -0.497 e. The molecule has 0 spiro atoms. The summed E-state index contributed by atoms with van der Waals surface area (Å²) >= 11 is 0. The SMILES string of the molecule is COc1ccc(-c2cc(NC(C)c3cccc(-c4cnn(C)c4)c3)nc(C)n2)c(F)c1. The predicted molar refractivity (Wildman–Crippen MR) is 119 cm³/mol. The van der Waals surface area contributed by atoms with E-state index in [9.17, 15) is 4.39 Å². The maximum absolute atomic E-state index is 14.6. The van der Waals surface area contributed by atoms with Gasteiger partial charge in [-0.25, -0.2) is 14.4 Å². The van der Waals surface area contributed by atoms with Crippen molar-refractivity contribution in [3.05, 3.63) is 78.1 Å². The third-order valence-corrected chi connectivity index (χ3v) is 5.08. The Labute approximate surface area is 180 Å². The number of rotatable bonds is 6. The predicted octanol–water partition coefficient (Wildman–Crippen LogP) is 5.17. The van der Waals surface area contributed by atoms with Crippen LogP contribution in [0.5, 0.6) is 5.75 Å². The lowest BCUT2D eigenvalue weighted by Crippen LogP contribution is -2.09. The van der Waals surface area contributed by atoms with Crippen LogP contribution < -0.4 is 10.1 Å². The molecule has 1 unspecified atom stereocenters. The maximum Gasteiger partial charge on any atom is 0.136 e. The van der Waals surface area contributed by atoms with Crippen LogP contribution in [-0.4, -0.2) is 26.9 Å². The Morgan fingerprint density at radius 3 is 2.61 bits per heavy atom. The number of ether oxygens (including phenoxy) is 1. The summed E-state index contributed by atoms with van der Waals surface area (Å²) in [5.41, 5.74) is 4.19. The summed E-state index contributed by atoms with van der Waals surface area (Å²) in [5.74, 6) is 1.27. The summed E-state index contributed by atoms with van der Waals surface area (Å²) in [4.78, 5) is 8.90. The van der Waals surface area contributed by atoms with Crippen LogP contribution in [0.4, 0.5) is 10.2 Å². The van der Waals surface area contributed by atoms with E-state index in [4.69, 9.17) is 4.74 Å². The van der Waals surface area contributed by atoms with Crippen molar-refractivity contribution in [2.24, 2.45) is 7.05 Å². The van der Waals surface area contributed by atoms with E-state index in [0.717, 1.165) is 16.7 Å². The number of benzene rings is 2. The molecule has 4 rings (SSSR count). The molecule has 2 aromatic heterocycles. The van der Waals surface area contributed by atoms with Gasteiger partial charge in [0.25, 0.3) is 0 Å². The Balaban J connectivity index is 1.60. The number of hydrogen-bond donors (Lipinski definition) is 1. The summed E-state index contributed by atoms with van der Waals surface area (Å²) < 4.78 is 21.4. The second kappa shape index (κ2) is 8.55. The second-order valence-corrected chi connectivity index (χ2v) is 7.43. The Bertz CT molecular complexity index is 1220.